The van der Waals surface area contributed by atoms with Gasteiger partial charge in [0.2, 0.25) is 5.91 Å². The van der Waals surface area contributed by atoms with Gasteiger partial charge >= 0.3 is 5.97 Å². The first-order valence-electron chi connectivity index (χ1n) is 5.27. The molecule has 1 fully saturated rings. The Morgan fingerprint density at radius 1 is 1.56 bits per heavy atom. The van der Waals surface area contributed by atoms with Crippen molar-refractivity contribution in [3.8, 4) is 0 Å². The third-order valence-electron chi connectivity index (χ3n) is 2.88. The summed E-state index contributed by atoms with van der Waals surface area (Å²) in [7, 11) is 0. The van der Waals surface area contributed by atoms with Crippen molar-refractivity contribution in [3.63, 3.8) is 0 Å². The van der Waals surface area contributed by atoms with Crippen LogP contribution in [0.5, 0.6) is 0 Å². The van der Waals surface area contributed by atoms with Gasteiger partial charge in [0.25, 0.3) is 0 Å². The number of hydrogen-bond donors (Lipinski definition) is 3. The van der Waals surface area contributed by atoms with E-state index in [-0.39, 0.29) is 12.5 Å². The number of carboxylic acids is 1. The van der Waals surface area contributed by atoms with Crippen LogP contribution in [0.25, 0.3) is 0 Å². The normalized spacial score (nSPS) is 18.9. The number of hydrogen-bond acceptors (Lipinski definition) is 4. The third kappa shape index (κ3) is 3.38. The van der Waals surface area contributed by atoms with Gasteiger partial charge in [-0.15, -0.1) is 0 Å². The second kappa shape index (κ2) is 5.54. The third-order valence-corrected chi connectivity index (χ3v) is 3.52. The molecular weight excluding hydrogens is 228 g/mol. The van der Waals surface area contributed by atoms with Gasteiger partial charge in [0.05, 0.1) is 11.5 Å². The first kappa shape index (κ1) is 13.3. The van der Waals surface area contributed by atoms with Crippen LogP contribution in [0, 0.1) is 5.41 Å². The molecule has 0 heterocycles. The van der Waals surface area contributed by atoms with E-state index >= 15 is 0 Å². The Balaban J connectivity index is 2.27. The molecule has 0 bridgehead atoms. The first-order chi connectivity index (χ1) is 7.52. The van der Waals surface area contributed by atoms with Crippen molar-refractivity contribution in [2.45, 2.75) is 25.3 Å². The highest BCUT2D eigenvalue weighted by Crippen LogP contribution is 2.45. The van der Waals surface area contributed by atoms with Crippen molar-refractivity contribution in [3.05, 3.63) is 0 Å². The lowest BCUT2D eigenvalue weighted by Gasteiger charge is -2.14. The van der Waals surface area contributed by atoms with Gasteiger partial charge in [-0.2, -0.15) is 11.8 Å². The van der Waals surface area contributed by atoms with Gasteiger partial charge in [0.1, 0.15) is 0 Å². The molecule has 0 unspecified atom stereocenters. The molecule has 1 atom stereocenters. The molecule has 0 aromatic heterocycles. The molecule has 6 heteroatoms. The van der Waals surface area contributed by atoms with Gasteiger partial charge in [0.15, 0.2) is 0 Å². The molecule has 0 aromatic rings. The van der Waals surface area contributed by atoms with Crippen molar-refractivity contribution >= 4 is 23.6 Å². The fourth-order valence-corrected chi connectivity index (χ4v) is 1.87. The lowest BCUT2D eigenvalue weighted by atomic mass is 10.1. The molecule has 0 aliphatic heterocycles. The molecule has 1 amide bonds. The van der Waals surface area contributed by atoms with E-state index in [1.54, 1.807) is 11.8 Å². The summed E-state index contributed by atoms with van der Waals surface area (Å²) in [6.45, 7) is 0.203. The molecule has 0 spiro atoms. The number of thioether (sulfide) groups is 1. The number of nitrogens with two attached hydrogens (primary N) is 1. The molecule has 0 radical (unpaired) electrons. The Hall–Kier alpha value is -0.750. The second-order valence-corrected chi connectivity index (χ2v) is 5.18. The van der Waals surface area contributed by atoms with Gasteiger partial charge in [-0.05, 0) is 31.3 Å². The Morgan fingerprint density at radius 3 is 2.62 bits per heavy atom. The predicted molar refractivity (Wildman–Crippen MR) is 63.3 cm³/mol. The van der Waals surface area contributed by atoms with Crippen LogP contribution in [-0.4, -0.2) is 41.6 Å². The summed E-state index contributed by atoms with van der Waals surface area (Å²) in [5.41, 5.74) is 4.94. The number of aliphatic carboxylic acids is 1. The maximum absolute atomic E-state index is 11.5. The minimum absolute atomic E-state index is 0.203. The summed E-state index contributed by atoms with van der Waals surface area (Å²) >= 11 is 1.63. The summed E-state index contributed by atoms with van der Waals surface area (Å²) in [6, 6.07) is -0.531. The van der Waals surface area contributed by atoms with E-state index in [4.69, 9.17) is 10.8 Å². The zero-order valence-electron chi connectivity index (χ0n) is 9.36. The smallest absolute Gasteiger partial charge is 0.311 e. The van der Waals surface area contributed by atoms with E-state index < -0.39 is 17.4 Å². The minimum Gasteiger partial charge on any atom is -0.481 e. The number of nitrogens with one attached hydrogen (secondary N) is 1. The van der Waals surface area contributed by atoms with Gasteiger partial charge in [-0.3, -0.25) is 9.59 Å². The molecule has 1 saturated carbocycles. The molecule has 5 nitrogen and oxygen atoms in total. The Bertz CT molecular complexity index is 279. The summed E-state index contributed by atoms with van der Waals surface area (Å²) in [5, 5.41) is 11.5. The van der Waals surface area contributed by atoms with Crippen LogP contribution in [0.4, 0.5) is 0 Å². The van der Waals surface area contributed by atoms with Crippen LogP contribution < -0.4 is 11.1 Å². The zero-order chi connectivity index (χ0) is 12.2. The lowest BCUT2D eigenvalue weighted by molar-refractivity contribution is -0.143. The summed E-state index contributed by atoms with van der Waals surface area (Å²) in [4.78, 5) is 22.4. The molecule has 1 aliphatic rings. The van der Waals surface area contributed by atoms with Crippen LogP contribution in [0.2, 0.25) is 0 Å². The van der Waals surface area contributed by atoms with Gasteiger partial charge in [-0.25, -0.2) is 0 Å². The Kier molecular flexibility index (Phi) is 4.61. The summed E-state index contributed by atoms with van der Waals surface area (Å²) in [5.74, 6) is -0.245. The molecule has 0 aromatic carbocycles. The van der Waals surface area contributed by atoms with Gasteiger partial charge in [-0.1, -0.05) is 0 Å². The molecule has 16 heavy (non-hydrogen) atoms. The fraction of sp³-hybridized carbons (Fsp3) is 0.800. The van der Waals surface area contributed by atoms with Crippen LogP contribution >= 0.6 is 11.8 Å². The Morgan fingerprint density at radius 2 is 2.19 bits per heavy atom. The Labute approximate surface area is 99.1 Å². The lowest BCUT2D eigenvalue weighted by Crippen LogP contribution is -2.44. The largest absolute Gasteiger partial charge is 0.481 e. The average molecular weight is 246 g/mol. The van der Waals surface area contributed by atoms with Crippen molar-refractivity contribution in [1.82, 2.24) is 5.32 Å². The molecule has 1 aliphatic carbocycles. The molecule has 0 saturated heterocycles. The van der Waals surface area contributed by atoms with E-state index in [9.17, 15) is 9.59 Å². The maximum atomic E-state index is 11.5. The predicted octanol–water partition coefficient (Wildman–Crippen LogP) is 0.0478. The fourth-order valence-electron chi connectivity index (χ4n) is 1.38. The molecule has 92 valence electrons. The van der Waals surface area contributed by atoms with Crippen molar-refractivity contribution < 1.29 is 14.7 Å². The highest BCUT2D eigenvalue weighted by molar-refractivity contribution is 7.98. The number of carboxylic acid groups (broad SMARTS) is 1. The average Bonchev–Trinajstić information content (AvgIpc) is 3.03. The van der Waals surface area contributed by atoms with E-state index in [0.29, 0.717) is 19.3 Å². The number of carbonyl (C=O) groups excluding carboxylic acids is 1. The van der Waals surface area contributed by atoms with Crippen molar-refractivity contribution in [1.29, 1.82) is 0 Å². The van der Waals surface area contributed by atoms with Gasteiger partial charge < -0.3 is 16.2 Å². The highest BCUT2D eigenvalue weighted by atomic mass is 32.2. The topological polar surface area (TPSA) is 92.4 Å². The van der Waals surface area contributed by atoms with Crippen molar-refractivity contribution in [2.75, 3.05) is 18.6 Å². The molecular formula is C10H18N2O3S. The van der Waals surface area contributed by atoms with Crippen LogP contribution in [0.3, 0.4) is 0 Å². The standard InChI is InChI=1S/C10H18N2O3S/c1-16-5-2-7(11)8(13)12-6-10(3-4-10)9(14)15/h7H,2-6,11H2,1H3,(H,12,13)(H,14,15)/t7-/m1/s1. The first-order valence-corrected chi connectivity index (χ1v) is 6.67. The second-order valence-electron chi connectivity index (χ2n) is 4.19. The van der Waals surface area contributed by atoms with Crippen molar-refractivity contribution in [2.24, 2.45) is 11.1 Å². The molecule has 4 N–H and O–H groups in total. The highest BCUT2D eigenvalue weighted by Gasteiger charge is 2.50. The van der Waals surface area contributed by atoms with E-state index in [2.05, 4.69) is 5.32 Å². The summed E-state index contributed by atoms with van der Waals surface area (Å²) < 4.78 is 0. The van der Waals surface area contributed by atoms with E-state index in [1.165, 1.54) is 0 Å². The minimum atomic E-state index is -0.828. The summed E-state index contributed by atoms with van der Waals surface area (Å²) in [6.07, 6.45) is 3.85. The number of carbonyl (C=O) groups is 2. The van der Waals surface area contributed by atoms with Gasteiger partial charge in [0, 0.05) is 6.54 Å². The zero-order valence-corrected chi connectivity index (χ0v) is 10.2. The van der Waals surface area contributed by atoms with Crippen LogP contribution in [0.1, 0.15) is 19.3 Å². The van der Waals surface area contributed by atoms with E-state index in [1.807, 2.05) is 6.26 Å². The SMILES string of the molecule is CSCC[C@@H](N)C(=O)NCC1(C(=O)O)CC1. The van der Waals surface area contributed by atoms with E-state index in [0.717, 1.165) is 5.75 Å². The monoisotopic (exact) mass is 246 g/mol. The van der Waals surface area contributed by atoms with Crippen LogP contribution in [-0.2, 0) is 9.59 Å². The number of amides is 1. The number of rotatable bonds is 7. The maximum Gasteiger partial charge on any atom is 0.311 e. The van der Waals surface area contributed by atoms with Crippen LogP contribution in [0.15, 0.2) is 0 Å². The molecule has 1 rings (SSSR count). The quantitative estimate of drug-likeness (QED) is 0.590.